The number of carboxylic acids is 1. The van der Waals surface area contributed by atoms with Gasteiger partial charge in [0.25, 0.3) is 11.7 Å². The quantitative estimate of drug-likeness (QED) is 0.844. The third kappa shape index (κ3) is 2.21. The molecule has 0 aromatic heterocycles. The number of amides is 1. The maximum Gasteiger partial charge on any atom is 0.332 e. The molecular weight excluding hydrogens is 274 g/mol. The predicted octanol–water partition coefficient (Wildman–Crippen LogP) is 1.16. The minimum atomic E-state index is -0.988. The van der Waals surface area contributed by atoms with Crippen LogP contribution in [0.15, 0.2) is 18.2 Å². The molecule has 1 aromatic rings. The molecule has 0 radical (unpaired) electrons. The van der Waals surface area contributed by atoms with Gasteiger partial charge in [0.05, 0.1) is 23.9 Å². The van der Waals surface area contributed by atoms with Gasteiger partial charge in [-0.3, -0.25) is 9.59 Å². The number of hydrogen-bond donors (Lipinski definition) is 1. The lowest BCUT2D eigenvalue weighted by Gasteiger charge is -2.22. The number of carboxylic acid groups (broad SMARTS) is 1. The Bertz CT molecular complexity index is 639. The number of carbonyl (C=O) groups is 3. The number of ether oxygens (including phenoxy) is 1. The van der Waals surface area contributed by atoms with Crippen LogP contribution in [0.4, 0.5) is 5.69 Å². The number of benzene rings is 1. The van der Waals surface area contributed by atoms with E-state index in [1.54, 1.807) is 12.1 Å². The molecule has 2 unspecified atom stereocenters. The minimum absolute atomic E-state index is 0.214. The molecule has 0 bridgehead atoms. The number of nitrogens with zero attached hydrogens (tertiary/aromatic N) is 1. The molecule has 0 saturated carbocycles. The number of carbonyl (C=O) groups excluding carboxylic acids is 2. The number of ketones is 1. The second kappa shape index (κ2) is 4.96. The molecule has 1 N–H and O–H groups in total. The first-order chi connectivity index (χ1) is 9.99. The smallest absolute Gasteiger partial charge is 0.332 e. The van der Waals surface area contributed by atoms with E-state index in [1.807, 2.05) is 13.0 Å². The molecule has 6 nitrogen and oxygen atoms in total. The average molecular weight is 289 g/mol. The molecule has 2 aliphatic heterocycles. The number of anilines is 1. The average Bonchev–Trinajstić information content (AvgIpc) is 3.00. The van der Waals surface area contributed by atoms with Gasteiger partial charge < -0.3 is 14.7 Å². The van der Waals surface area contributed by atoms with Crippen molar-refractivity contribution in [2.75, 3.05) is 11.4 Å². The zero-order valence-electron chi connectivity index (χ0n) is 11.5. The van der Waals surface area contributed by atoms with E-state index >= 15 is 0 Å². The Hall–Kier alpha value is -2.21. The molecule has 1 saturated heterocycles. The summed E-state index contributed by atoms with van der Waals surface area (Å²) in [6.07, 6.45) is -0.180. The molecule has 1 amide bonds. The molecule has 2 aliphatic rings. The van der Waals surface area contributed by atoms with E-state index in [-0.39, 0.29) is 12.6 Å². The lowest BCUT2D eigenvalue weighted by Crippen LogP contribution is -2.37. The van der Waals surface area contributed by atoms with Crippen LogP contribution in [-0.4, -0.2) is 41.5 Å². The Morgan fingerprint density at radius 3 is 2.81 bits per heavy atom. The van der Waals surface area contributed by atoms with Gasteiger partial charge in [-0.15, -0.1) is 0 Å². The molecule has 0 spiro atoms. The summed E-state index contributed by atoms with van der Waals surface area (Å²) < 4.78 is 5.42. The highest BCUT2D eigenvalue weighted by Crippen LogP contribution is 2.33. The van der Waals surface area contributed by atoms with Crippen molar-refractivity contribution in [3.63, 3.8) is 0 Å². The van der Waals surface area contributed by atoms with E-state index in [2.05, 4.69) is 0 Å². The predicted molar refractivity (Wildman–Crippen MR) is 73.4 cm³/mol. The van der Waals surface area contributed by atoms with Crippen molar-refractivity contribution < 1.29 is 24.2 Å². The Balaban J connectivity index is 1.83. The van der Waals surface area contributed by atoms with Crippen molar-refractivity contribution >= 4 is 23.3 Å². The molecule has 1 aromatic carbocycles. The summed E-state index contributed by atoms with van der Waals surface area (Å²) in [5.74, 6) is -2.07. The van der Waals surface area contributed by atoms with Gasteiger partial charge in [-0.25, -0.2) is 4.79 Å². The van der Waals surface area contributed by atoms with Gasteiger partial charge in [-0.1, -0.05) is 12.1 Å². The summed E-state index contributed by atoms with van der Waals surface area (Å²) >= 11 is 0. The Morgan fingerprint density at radius 1 is 1.38 bits per heavy atom. The Morgan fingerprint density at radius 2 is 2.14 bits per heavy atom. The normalized spacial score (nSPS) is 24.5. The lowest BCUT2D eigenvalue weighted by molar-refractivity contribution is -0.149. The highest BCUT2D eigenvalue weighted by atomic mass is 16.5. The van der Waals surface area contributed by atoms with Crippen LogP contribution in [0, 0.1) is 6.92 Å². The maximum atomic E-state index is 12.1. The number of Topliss-reactive ketones (excluding diaryl/α,β-unsaturated/α-hetero) is 1. The fraction of sp³-hybridized carbons (Fsp3) is 0.400. The molecule has 110 valence electrons. The Kier molecular flexibility index (Phi) is 3.25. The second-order valence-corrected chi connectivity index (χ2v) is 5.38. The number of rotatable bonds is 3. The molecule has 2 heterocycles. The van der Waals surface area contributed by atoms with Crippen molar-refractivity contribution in [2.45, 2.75) is 32.0 Å². The van der Waals surface area contributed by atoms with Crippen LogP contribution in [0.3, 0.4) is 0 Å². The van der Waals surface area contributed by atoms with Crippen molar-refractivity contribution in [1.29, 1.82) is 0 Å². The molecule has 21 heavy (non-hydrogen) atoms. The molecular formula is C15H15NO5. The summed E-state index contributed by atoms with van der Waals surface area (Å²) in [5.41, 5.74) is 1.88. The van der Waals surface area contributed by atoms with Crippen LogP contribution in [-0.2, 0) is 14.3 Å². The van der Waals surface area contributed by atoms with Crippen molar-refractivity contribution in [1.82, 2.24) is 0 Å². The van der Waals surface area contributed by atoms with Crippen molar-refractivity contribution in [3.8, 4) is 0 Å². The molecule has 2 atom stereocenters. The summed E-state index contributed by atoms with van der Waals surface area (Å²) in [6.45, 7) is 2.06. The van der Waals surface area contributed by atoms with E-state index in [1.165, 1.54) is 4.90 Å². The highest BCUT2D eigenvalue weighted by molar-refractivity contribution is 6.52. The fourth-order valence-electron chi connectivity index (χ4n) is 2.94. The zero-order valence-corrected chi connectivity index (χ0v) is 11.5. The number of aliphatic carboxylic acids is 1. The van der Waals surface area contributed by atoms with Crippen molar-refractivity contribution in [2.24, 2.45) is 0 Å². The van der Waals surface area contributed by atoms with E-state index in [9.17, 15) is 14.4 Å². The SMILES string of the molecule is Cc1cccc2c1N(CC1CCC(C(=O)O)O1)C(=O)C2=O. The number of hydrogen-bond acceptors (Lipinski definition) is 4. The molecule has 0 aliphatic carbocycles. The van der Waals surface area contributed by atoms with Gasteiger partial charge in [0.2, 0.25) is 0 Å². The summed E-state index contributed by atoms with van der Waals surface area (Å²) in [4.78, 5) is 36.4. The summed E-state index contributed by atoms with van der Waals surface area (Å²) in [5, 5.41) is 8.93. The van der Waals surface area contributed by atoms with Crippen molar-refractivity contribution in [3.05, 3.63) is 29.3 Å². The standard InChI is InChI=1S/C15H15NO5/c1-8-3-2-4-10-12(8)16(14(18)13(10)17)7-9-5-6-11(21-9)15(19)20/h2-4,9,11H,5-7H2,1H3,(H,19,20). The van der Waals surface area contributed by atoms with Gasteiger partial charge in [-0.05, 0) is 31.4 Å². The highest BCUT2D eigenvalue weighted by Gasteiger charge is 2.40. The number of para-hydroxylation sites is 1. The molecule has 6 heteroatoms. The third-order valence-electron chi connectivity index (χ3n) is 3.96. The zero-order chi connectivity index (χ0) is 15.1. The molecule has 3 rings (SSSR count). The van der Waals surface area contributed by atoms with E-state index in [0.717, 1.165) is 5.56 Å². The summed E-state index contributed by atoms with van der Waals surface area (Å²) in [7, 11) is 0. The van der Waals surface area contributed by atoms with Crippen LogP contribution in [0.5, 0.6) is 0 Å². The summed E-state index contributed by atoms with van der Waals surface area (Å²) in [6, 6.07) is 5.22. The van der Waals surface area contributed by atoms with E-state index < -0.39 is 23.8 Å². The lowest BCUT2D eigenvalue weighted by atomic mass is 10.1. The van der Waals surface area contributed by atoms with Crippen LogP contribution < -0.4 is 4.90 Å². The van der Waals surface area contributed by atoms with Gasteiger partial charge in [0.1, 0.15) is 0 Å². The number of fused-ring (bicyclic) bond motifs is 1. The van der Waals surface area contributed by atoms with Crippen LogP contribution in [0.2, 0.25) is 0 Å². The number of aryl methyl sites for hydroxylation is 1. The second-order valence-electron chi connectivity index (χ2n) is 5.38. The van der Waals surface area contributed by atoms with Gasteiger partial charge in [0, 0.05) is 0 Å². The van der Waals surface area contributed by atoms with Crippen LogP contribution >= 0.6 is 0 Å². The largest absolute Gasteiger partial charge is 0.479 e. The fourth-order valence-corrected chi connectivity index (χ4v) is 2.94. The first-order valence-electron chi connectivity index (χ1n) is 6.83. The first kappa shape index (κ1) is 13.8. The molecule has 1 fully saturated rings. The van der Waals surface area contributed by atoms with Crippen LogP contribution in [0.1, 0.15) is 28.8 Å². The van der Waals surface area contributed by atoms with Gasteiger partial charge in [0.15, 0.2) is 6.10 Å². The topological polar surface area (TPSA) is 83.9 Å². The van der Waals surface area contributed by atoms with E-state index in [0.29, 0.717) is 24.1 Å². The van der Waals surface area contributed by atoms with E-state index in [4.69, 9.17) is 9.84 Å². The third-order valence-corrected chi connectivity index (χ3v) is 3.96. The minimum Gasteiger partial charge on any atom is -0.479 e. The van der Waals surface area contributed by atoms with Crippen LogP contribution in [0.25, 0.3) is 0 Å². The monoisotopic (exact) mass is 289 g/mol. The maximum absolute atomic E-state index is 12.1. The van der Waals surface area contributed by atoms with Gasteiger partial charge >= 0.3 is 5.97 Å². The van der Waals surface area contributed by atoms with Gasteiger partial charge in [-0.2, -0.15) is 0 Å². The Labute approximate surface area is 121 Å². The first-order valence-corrected chi connectivity index (χ1v) is 6.83.